The standard InChI is InChI=1S/C11H21NO4/c1-10(2)13-6-8(15-10)9-7(5-12)14-11(3,4)16-9/h7-9H,5-6,12H2,1-4H3/t7-,8+,9+/m0/s1. The fourth-order valence-electron chi connectivity index (χ4n) is 2.24. The van der Waals surface area contributed by atoms with Crippen LogP contribution in [-0.4, -0.2) is 43.0 Å². The normalized spacial score (nSPS) is 41.4. The molecule has 0 bridgehead atoms. The Hall–Kier alpha value is -0.200. The first kappa shape index (κ1) is 12.3. The summed E-state index contributed by atoms with van der Waals surface area (Å²) in [5.41, 5.74) is 5.68. The van der Waals surface area contributed by atoms with E-state index in [0.29, 0.717) is 13.2 Å². The fourth-order valence-corrected chi connectivity index (χ4v) is 2.24. The molecule has 2 N–H and O–H groups in total. The van der Waals surface area contributed by atoms with Crippen LogP contribution in [0.1, 0.15) is 27.7 Å². The molecule has 94 valence electrons. The molecule has 5 heteroatoms. The van der Waals surface area contributed by atoms with Crippen LogP contribution >= 0.6 is 0 Å². The molecule has 16 heavy (non-hydrogen) atoms. The second kappa shape index (κ2) is 3.92. The molecule has 0 radical (unpaired) electrons. The first-order valence-corrected chi connectivity index (χ1v) is 5.70. The molecule has 0 saturated carbocycles. The lowest BCUT2D eigenvalue weighted by Gasteiger charge is -2.23. The highest BCUT2D eigenvalue weighted by Crippen LogP contribution is 2.34. The van der Waals surface area contributed by atoms with Crippen LogP contribution in [0.2, 0.25) is 0 Å². The van der Waals surface area contributed by atoms with Gasteiger partial charge in [-0.25, -0.2) is 0 Å². The number of ether oxygens (including phenoxy) is 4. The topological polar surface area (TPSA) is 62.9 Å². The third kappa shape index (κ3) is 2.38. The van der Waals surface area contributed by atoms with Crippen LogP contribution in [0.4, 0.5) is 0 Å². The third-order valence-electron chi connectivity index (χ3n) is 2.85. The van der Waals surface area contributed by atoms with Gasteiger partial charge in [-0.1, -0.05) is 0 Å². The Kier molecular flexibility index (Phi) is 3.01. The number of nitrogens with two attached hydrogens (primary N) is 1. The second-order valence-corrected chi connectivity index (χ2v) is 5.24. The van der Waals surface area contributed by atoms with Crippen molar-refractivity contribution in [2.24, 2.45) is 5.73 Å². The molecule has 2 aliphatic rings. The first-order valence-electron chi connectivity index (χ1n) is 5.70. The lowest BCUT2D eigenvalue weighted by Crippen LogP contribution is -2.41. The van der Waals surface area contributed by atoms with Gasteiger partial charge < -0.3 is 24.7 Å². The van der Waals surface area contributed by atoms with Crippen LogP contribution in [0.15, 0.2) is 0 Å². The lowest BCUT2D eigenvalue weighted by molar-refractivity contribution is -0.174. The highest BCUT2D eigenvalue weighted by molar-refractivity contribution is 4.90. The van der Waals surface area contributed by atoms with Gasteiger partial charge in [0.05, 0.1) is 6.61 Å². The maximum atomic E-state index is 5.82. The molecule has 2 saturated heterocycles. The highest BCUT2D eigenvalue weighted by atomic mass is 16.8. The molecule has 2 heterocycles. The summed E-state index contributed by atoms with van der Waals surface area (Å²) in [6, 6.07) is 0. The molecule has 5 nitrogen and oxygen atoms in total. The SMILES string of the molecule is CC1(C)O[C@@H]([C@H]2COC(C)(C)O2)[C@H](CN)O1. The van der Waals surface area contributed by atoms with Crippen molar-refractivity contribution in [2.75, 3.05) is 13.2 Å². The molecule has 2 fully saturated rings. The van der Waals surface area contributed by atoms with Gasteiger partial charge in [0.15, 0.2) is 11.6 Å². The zero-order valence-corrected chi connectivity index (χ0v) is 10.4. The molecule has 0 aliphatic carbocycles. The summed E-state index contributed by atoms with van der Waals surface area (Å²) in [4.78, 5) is 0. The average molecular weight is 231 g/mol. The summed E-state index contributed by atoms with van der Waals surface area (Å²) < 4.78 is 22.8. The molecule has 0 aromatic rings. The number of hydrogen-bond donors (Lipinski definition) is 1. The van der Waals surface area contributed by atoms with E-state index < -0.39 is 11.6 Å². The van der Waals surface area contributed by atoms with Gasteiger partial charge in [-0.3, -0.25) is 0 Å². The Labute approximate surface area is 96.2 Å². The van der Waals surface area contributed by atoms with Crippen molar-refractivity contribution < 1.29 is 18.9 Å². The van der Waals surface area contributed by atoms with Crippen LogP contribution in [-0.2, 0) is 18.9 Å². The minimum Gasteiger partial charge on any atom is -0.348 e. The van der Waals surface area contributed by atoms with Gasteiger partial charge in [0.1, 0.15) is 18.3 Å². The van der Waals surface area contributed by atoms with E-state index in [4.69, 9.17) is 24.7 Å². The average Bonchev–Trinajstić information content (AvgIpc) is 2.65. The molecule has 0 spiro atoms. The summed E-state index contributed by atoms with van der Waals surface area (Å²) >= 11 is 0. The van der Waals surface area contributed by atoms with Crippen LogP contribution in [0, 0.1) is 0 Å². The monoisotopic (exact) mass is 231 g/mol. The van der Waals surface area contributed by atoms with Crippen LogP contribution in [0.5, 0.6) is 0 Å². The van der Waals surface area contributed by atoms with Crippen molar-refractivity contribution in [1.29, 1.82) is 0 Å². The van der Waals surface area contributed by atoms with Crippen molar-refractivity contribution in [3.8, 4) is 0 Å². The van der Waals surface area contributed by atoms with Gasteiger partial charge in [-0.2, -0.15) is 0 Å². The van der Waals surface area contributed by atoms with E-state index in [1.54, 1.807) is 0 Å². The molecule has 2 rings (SSSR count). The maximum Gasteiger partial charge on any atom is 0.163 e. The molecule has 0 amide bonds. The number of hydrogen-bond acceptors (Lipinski definition) is 5. The Balaban J connectivity index is 2.04. The molecular weight excluding hydrogens is 210 g/mol. The van der Waals surface area contributed by atoms with Crippen molar-refractivity contribution in [3.63, 3.8) is 0 Å². The summed E-state index contributed by atoms with van der Waals surface area (Å²) in [6.07, 6.45) is -0.385. The van der Waals surface area contributed by atoms with E-state index in [1.807, 2.05) is 27.7 Å². The van der Waals surface area contributed by atoms with E-state index in [0.717, 1.165) is 0 Å². The van der Waals surface area contributed by atoms with Gasteiger partial charge in [0, 0.05) is 6.54 Å². The zero-order valence-electron chi connectivity index (χ0n) is 10.4. The van der Waals surface area contributed by atoms with Crippen molar-refractivity contribution in [1.82, 2.24) is 0 Å². The smallest absolute Gasteiger partial charge is 0.163 e. The van der Waals surface area contributed by atoms with E-state index in [2.05, 4.69) is 0 Å². The van der Waals surface area contributed by atoms with Crippen molar-refractivity contribution in [2.45, 2.75) is 57.6 Å². The van der Waals surface area contributed by atoms with Gasteiger partial charge in [0.25, 0.3) is 0 Å². The van der Waals surface area contributed by atoms with Crippen LogP contribution in [0.3, 0.4) is 0 Å². The fraction of sp³-hybridized carbons (Fsp3) is 1.00. The highest BCUT2D eigenvalue weighted by Gasteiger charge is 2.49. The molecule has 0 unspecified atom stereocenters. The van der Waals surface area contributed by atoms with Crippen LogP contribution < -0.4 is 5.73 Å². The van der Waals surface area contributed by atoms with Gasteiger partial charge in [-0.05, 0) is 27.7 Å². The first-order chi connectivity index (χ1) is 7.33. The predicted octanol–water partition coefficient (Wildman–Crippen LogP) is 0.617. The Morgan fingerprint density at radius 2 is 1.75 bits per heavy atom. The van der Waals surface area contributed by atoms with E-state index >= 15 is 0 Å². The van der Waals surface area contributed by atoms with Crippen molar-refractivity contribution >= 4 is 0 Å². The Bertz CT molecular complexity index is 267. The summed E-state index contributed by atoms with van der Waals surface area (Å²) in [7, 11) is 0. The van der Waals surface area contributed by atoms with Crippen LogP contribution in [0.25, 0.3) is 0 Å². The quantitative estimate of drug-likeness (QED) is 0.754. The zero-order chi connectivity index (χ0) is 12.0. The second-order valence-electron chi connectivity index (χ2n) is 5.24. The summed E-state index contributed by atoms with van der Waals surface area (Å²) in [5.74, 6) is -1.13. The molecule has 2 aliphatic heterocycles. The van der Waals surface area contributed by atoms with Gasteiger partial charge in [0.2, 0.25) is 0 Å². The molecular formula is C11H21NO4. The van der Waals surface area contributed by atoms with Gasteiger partial charge in [-0.15, -0.1) is 0 Å². The summed E-state index contributed by atoms with van der Waals surface area (Å²) in [6.45, 7) is 8.51. The van der Waals surface area contributed by atoms with E-state index in [-0.39, 0.29) is 18.3 Å². The predicted molar refractivity (Wildman–Crippen MR) is 57.8 cm³/mol. The Morgan fingerprint density at radius 1 is 1.06 bits per heavy atom. The van der Waals surface area contributed by atoms with E-state index in [1.165, 1.54) is 0 Å². The van der Waals surface area contributed by atoms with E-state index in [9.17, 15) is 0 Å². The summed E-state index contributed by atoms with van der Waals surface area (Å²) in [5, 5.41) is 0. The third-order valence-corrected chi connectivity index (χ3v) is 2.85. The Morgan fingerprint density at radius 3 is 2.25 bits per heavy atom. The number of rotatable bonds is 2. The molecule has 0 aromatic carbocycles. The molecule has 3 atom stereocenters. The maximum absolute atomic E-state index is 5.82. The minimum absolute atomic E-state index is 0.106. The minimum atomic E-state index is -0.592. The van der Waals surface area contributed by atoms with Gasteiger partial charge >= 0.3 is 0 Å². The van der Waals surface area contributed by atoms with Crippen molar-refractivity contribution in [3.05, 3.63) is 0 Å². The molecule has 0 aromatic heterocycles. The largest absolute Gasteiger partial charge is 0.348 e. The lowest BCUT2D eigenvalue weighted by atomic mass is 10.1.